The van der Waals surface area contributed by atoms with Crippen molar-refractivity contribution in [1.82, 2.24) is 20.1 Å². The number of hydrogen-bond donors (Lipinski definition) is 2. The van der Waals surface area contributed by atoms with Gasteiger partial charge in [-0.1, -0.05) is 39.8 Å². The van der Waals surface area contributed by atoms with Crippen molar-refractivity contribution in [3.8, 4) is 5.69 Å². The lowest BCUT2D eigenvalue weighted by atomic mass is 10.2. The summed E-state index contributed by atoms with van der Waals surface area (Å²) in [6.45, 7) is 5.69. The average Bonchev–Trinajstić information content (AvgIpc) is 3.07. The molecule has 0 aliphatic rings. The van der Waals surface area contributed by atoms with Gasteiger partial charge in [-0.15, -0.1) is 10.2 Å². The minimum Gasteiger partial charge on any atom is -0.346 e. The second kappa shape index (κ2) is 9.90. The first kappa shape index (κ1) is 22.0. The van der Waals surface area contributed by atoms with Crippen molar-refractivity contribution in [3.05, 3.63) is 63.9 Å². The Morgan fingerprint density at radius 2 is 1.87 bits per heavy atom. The zero-order valence-corrected chi connectivity index (χ0v) is 19.3. The molecule has 0 unspecified atom stereocenters. The zero-order valence-electron chi connectivity index (χ0n) is 16.9. The van der Waals surface area contributed by atoms with Crippen LogP contribution in [0.2, 0.25) is 0 Å². The van der Waals surface area contributed by atoms with Gasteiger partial charge in [0.15, 0.2) is 5.16 Å². The highest BCUT2D eigenvalue weighted by Gasteiger charge is 2.14. The van der Waals surface area contributed by atoms with Crippen LogP contribution in [0.4, 0.5) is 5.69 Å². The predicted molar refractivity (Wildman–Crippen MR) is 122 cm³/mol. The molecular weight excluding hydrogens is 466 g/mol. The molecule has 7 nitrogen and oxygen atoms in total. The van der Waals surface area contributed by atoms with Gasteiger partial charge in [0.25, 0.3) is 0 Å². The van der Waals surface area contributed by atoms with E-state index in [1.54, 1.807) is 0 Å². The van der Waals surface area contributed by atoms with E-state index in [0.29, 0.717) is 10.8 Å². The molecule has 0 spiro atoms. The summed E-state index contributed by atoms with van der Waals surface area (Å²) in [6.07, 6.45) is 0. The standard InChI is InChI=1S/C21H22BrN5O2S/c1-13-5-4-6-17(9-13)27-15(3)25-26-21(27)30-12-20(29)23-11-19(28)24-18-8-7-16(22)10-14(18)2/h4-10H,11-12H2,1-3H3,(H,23,29)(H,24,28). The third-order valence-electron chi connectivity index (χ3n) is 4.30. The summed E-state index contributed by atoms with van der Waals surface area (Å²) in [5, 5.41) is 14.4. The number of aromatic nitrogens is 3. The van der Waals surface area contributed by atoms with Crippen molar-refractivity contribution in [2.75, 3.05) is 17.6 Å². The molecule has 0 saturated carbocycles. The number of thioether (sulfide) groups is 1. The predicted octanol–water partition coefficient (Wildman–Crippen LogP) is 3.80. The molecule has 1 heterocycles. The third kappa shape index (κ3) is 5.70. The van der Waals surface area contributed by atoms with Crippen LogP contribution in [0.1, 0.15) is 17.0 Å². The molecule has 3 aromatic rings. The summed E-state index contributed by atoms with van der Waals surface area (Å²) >= 11 is 4.67. The lowest BCUT2D eigenvalue weighted by molar-refractivity contribution is -0.122. The van der Waals surface area contributed by atoms with Crippen LogP contribution in [0, 0.1) is 20.8 Å². The summed E-state index contributed by atoms with van der Waals surface area (Å²) < 4.78 is 2.85. The highest BCUT2D eigenvalue weighted by molar-refractivity contribution is 9.10. The van der Waals surface area contributed by atoms with Gasteiger partial charge in [0.2, 0.25) is 11.8 Å². The minimum atomic E-state index is -0.280. The zero-order chi connectivity index (χ0) is 21.7. The topological polar surface area (TPSA) is 88.9 Å². The summed E-state index contributed by atoms with van der Waals surface area (Å²) in [6, 6.07) is 13.6. The Balaban J connectivity index is 1.53. The number of nitrogens with one attached hydrogen (secondary N) is 2. The highest BCUT2D eigenvalue weighted by atomic mass is 79.9. The molecule has 30 heavy (non-hydrogen) atoms. The van der Waals surface area contributed by atoms with Crippen molar-refractivity contribution < 1.29 is 9.59 Å². The largest absolute Gasteiger partial charge is 0.346 e. The van der Waals surface area contributed by atoms with Gasteiger partial charge in [-0.3, -0.25) is 14.2 Å². The van der Waals surface area contributed by atoms with Crippen LogP contribution in [-0.2, 0) is 9.59 Å². The van der Waals surface area contributed by atoms with Gasteiger partial charge in [0, 0.05) is 15.8 Å². The summed E-state index contributed by atoms with van der Waals surface area (Å²) in [4.78, 5) is 24.3. The minimum absolute atomic E-state index is 0.0987. The summed E-state index contributed by atoms with van der Waals surface area (Å²) in [5.41, 5.74) is 3.73. The van der Waals surface area contributed by atoms with E-state index in [9.17, 15) is 9.59 Å². The van der Waals surface area contributed by atoms with Crippen LogP contribution in [0.5, 0.6) is 0 Å². The lowest BCUT2D eigenvalue weighted by Gasteiger charge is -2.10. The van der Waals surface area contributed by atoms with E-state index in [-0.39, 0.29) is 24.1 Å². The van der Waals surface area contributed by atoms with Crippen molar-refractivity contribution in [3.63, 3.8) is 0 Å². The maximum atomic E-state index is 12.2. The third-order valence-corrected chi connectivity index (χ3v) is 5.72. The molecule has 0 aliphatic heterocycles. The van der Waals surface area contributed by atoms with Gasteiger partial charge in [-0.2, -0.15) is 0 Å². The first-order valence-corrected chi connectivity index (χ1v) is 11.1. The monoisotopic (exact) mass is 487 g/mol. The first-order valence-electron chi connectivity index (χ1n) is 9.28. The number of halogens is 1. The number of rotatable bonds is 7. The van der Waals surface area contributed by atoms with Crippen LogP contribution in [0.25, 0.3) is 5.69 Å². The van der Waals surface area contributed by atoms with E-state index in [4.69, 9.17) is 0 Å². The SMILES string of the molecule is Cc1cccc(-n2c(C)nnc2SCC(=O)NCC(=O)Nc2ccc(Br)cc2C)c1. The van der Waals surface area contributed by atoms with E-state index in [2.05, 4.69) is 36.8 Å². The Kier molecular flexibility index (Phi) is 7.28. The molecule has 0 bridgehead atoms. The Morgan fingerprint density at radius 1 is 1.07 bits per heavy atom. The Bertz CT molecular complexity index is 1080. The molecule has 0 saturated heterocycles. The number of aryl methyl sites for hydroxylation is 3. The van der Waals surface area contributed by atoms with Crippen molar-refractivity contribution >= 4 is 45.2 Å². The summed E-state index contributed by atoms with van der Waals surface area (Å²) in [7, 11) is 0. The molecule has 9 heteroatoms. The van der Waals surface area contributed by atoms with Gasteiger partial charge in [0.05, 0.1) is 12.3 Å². The van der Waals surface area contributed by atoms with Crippen LogP contribution < -0.4 is 10.6 Å². The summed E-state index contributed by atoms with van der Waals surface area (Å²) in [5.74, 6) is 0.346. The number of carbonyl (C=O) groups excluding carboxylic acids is 2. The smallest absolute Gasteiger partial charge is 0.243 e. The van der Waals surface area contributed by atoms with Crippen molar-refractivity contribution in [1.29, 1.82) is 0 Å². The fraction of sp³-hybridized carbons (Fsp3) is 0.238. The van der Waals surface area contributed by atoms with E-state index in [1.807, 2.05) is 67.8 Å². The van der Waals surface area contributed by atoms with Crippen LogP contribution in [0.3, 0.4) is 0 Å². The molecule has 0 aliphatic carbocycles. The average molecular weight is 488 g/mol. The molecule has 156 valence electrons. The molecular formula is C21H22BrN5O2S. The second-order valence-electron chi connectivity index (χ2n) is 6.78. The molecule has 2 aromatic carbocycles. The van der Waals surface area contributed by atoms with Gasteiger partial charge < -0.3 is 10.6 Å². The van der Waals surface area contributed by atoms with Gasteiger partial charge in [-0.05, 0) is 62.2 Å². The van der Waals surface area contributed by atoms with E-state index < -0.39 is 0 Å². The van der Waals surface area contributed by atoms with Crippen molar-refractivity contribution in [2.45, 2.75) is 25.9 Å². The van der Waals surface area contributed by atoms with Crippen LogP contribution in [-0.4, -0.2) is 38.9 Å². The maximum Gasteiger partial charge on any atom is 0.243 e. The molecule has 0 radical (unpaired) electrons. The number of carbonyl (C=O) groups is 2. The first-order chi connectivity index (χ1) is 14.3. The van der Waals surface area contributed by atoms with E-state index in [0.717, 1.165) is 27.1 Å². The number of amides is 2. The van der Waals surface area contributed by atoms with Crippen LogP contribution >= 0.6 is 27.7 Å². The van der Waals surface area contributed by atoms with Gasteiger partial charge >= 0.3 is 0 Å². The molecule has 0 fully saturated rings. The number of hydrogen-bond acceptors (Lipinski definition) is 5. The highest BCUT2D eigenvalue weighted by Crippen LogP contribution is 2.22. The Labute approximate surface area is 187 Å². The number of nitrogens with zero attached hydrogens (tertiary/aromatic N) is 3. The van der Waals surface area contributed by atoms with Gasteiger partial charge in [-0.25, -0.2) is 0 Å². The fourth-order valence-corrected chi connectivity index (χ4v) is 4.13. The Hall–Kier alpha value is -2.65. The van der Waals surface area contributed by atoms with E-state index >= 15 is 0 Å². The quantitative estimate of drug-likeness (QED) is 0.494. The molecule has 2 amide bonds. The normalized spacial score (nSPS) is 10.7. The Morgan fingerprint density at radius 3 is 2.60 bits per heavy atom. The number of benzene rings is 2. The number of anilines is 1. The molecule has 0 atom stereocenters. The molecule has 1 aromatic heterocycles. The van der Waals surface area contributed by atoms with E-state index in [1.165, 1.54) is 11.8 Å². The van der Waals surface area contributed by atoms with Crippen molar-refractivity contribution in [2.24, 2.45) is 0 Å². The lowest BCUT2D eigenvalue weighted by Crippen LogP contribution is -2.34. The maximum absolute atomic E-state index is 12.2. The van der Waals surface area contributed by atoms with Gasteiger partial charge in [0.1, 0.15) is 5.82 Å². The van der Waals surface area contributed by atoms with Crippen LogP contribution in [0.15, 0.2) is 52.1 Å². The molecule has 2 N–H and O–H groups in total. The molecule has 3 rings (SSSR count). The second-order valence-corrected chi connectivity index (χ2v) is 8.64. The fourth-order valence-electron chi connectivity index (χ4n) is 2.82.